The van der Waals surface area contributed by atoms with Crippen molar-refractivity contribution in [1.29, 1.82) is 0 Å². The van der Waals surface area contributed by atoms with Crippen LogP contribution >= 0.6 is 7.82 Å². The first-order valence-electron chi connectivity index (χ1n) is 8.54. The van der Waals surface area contributed by atoms with Gasteiger partial charge in [-0.3, -0.25) is 14.4 Å². The molecular weight excluding hydrogens is 401 g/mol. The normalized spacial score (nSPS) is 12.8. The zero-order chi connectivity index (χ0) is 22.9. The zero-order valence-electron chi connectivity index (χ0n) is 18.4. The van der Waals surface area contributed by atoms with Crippen LogP contribution in [0.25, 0.3) is 0 Å². The Morgan fingerprint density at radius 3 is 0.966 bits per heavy atom. The van der Waals surface area contributed by atoms with Gasteiger partial charge >= 0.3 is 7.82 Å². The maximum Gasteiger partial charge on any atom is 0.646 e. The van der Waals surface area contributed by atoms with Crippen LogP contribution in [0.5, 0.6) is 0 Å². The van der Waals surface area contributed by atoms with Crippen molar-refractivity contribution in [1.82, 2.24) is 14.7 Å². The number of rotatable bonds is 9. The van der Waals surface area contributed by atoms with Crippen LogP contribution in [0.4, 0.5) is 0 Å². The van der Waals surface area contributed by atoms with E-state index in [1.807, 2.05) is 0 Å². The third kappa shape index (κ3) is 10.4. The minimum atomic E-state index is -4.36. The summed E-state index contributed by atoms with van der Waals surface area (Å²) in [4.78, 5) is 39.3. The Balaban J connectivity index is 5.80. The lowest BCUT2D eigenvalue weighted by Crippen LogP contribution is -2.20. The van der Waals surface area contributed by atoms with Gasteiger partial charge < -0.3 is 28.3 Å². The SMILES string of the molecule is C/C(=C\C(=O)N(C)C)OP(=O)(O/C(C)=C/C(=O)N(C)C)O/C(C)=C/C(=O)N(C)C. The Hall–Kier alpha value is -2.74. The van der Waals surface area contributed by atoms with Crippen LogP contribution in [0.2, 0.25) is 0 Å². The number of amides is 3. The highest BCUT2D eigenvalue weighted by molar-refractivity contribution is 7.48. The molecule has 0 aromatic carbocycles. The van der Waals surface area contributed by atoms with E-state index in [0.717, 1.165) is 18.2 Å². The third-order valence-corrected chi connectivity index (χ3v) is 4.60. The van der Waals surface area contributed by atoms with Crippen LogP contribution in [-0.2, 0) is 32.5 Å². The fourth-order valence-electron chi connectivity index (χ4n) is 1.57. The summed E-state index contributed by atoms with van der Waals surface area (Å²) in [5.74, 6) is -1.32. The molecule has 0 unspecified atom stereocenters. The average Bonchev–Trinajstić information content (AvgIpc) is 2.52. The lowest BCUT2D eigenvalue weighted by Gasteiger charge is -2.21. The molecule has 29 heavy (non-hydrogen) atoms. The molecule has 0 heterocycles. The Morgan fingerprint density at radius 1 is 0.586 bits per heavy atom. The average molecular weight is 431 g/mol. The molecule has 0 aliphatic rings. The number of phosphoric acid groups is 1. The summed E-state index contributed by atoms with van der Waals surface area (Å²) in [6.45, 7) is 4.19. The molecule has 0 spiro atoms. The quantitative estimate of drug-likeness (QED) is 0.313. The van der Waals surface area contributed by atoms with E-state index >= 15 is 0 Å². The summed E-state index contributed by atoms with van der Waals surface area (Å²) in [6.07, 6.45) is 3.31. The Morgan fingerprint density at radius 2 is 0.793 bits per heavy atom. The number of allylic oxidation sites excluding steroid dienone is 3. The molecule has 0 saturated heterocycles. The second-order valence-corrected chi connectivity index (χ2v) is 8.13. The monoisotopic (exact) mass is 431 g/mol. The van der Waals surface area contributed by atoms with Gasteiger partial charge in [-0.1, -0.05) is 0 Å². The van der Waals surface area contributed by atoms with E-state index in [-0.39, 0.29) is 17.3 Å². The maximum absolute atomic E-state index is 13.1. The van der Waals surface area contributed by atoms with Gasteiger partial charge in [0, 0.05) is 60.5 Å². The van der Waals surface area contributed by atoms with Crippen molar-refractivity contribution in [3.05, 3.63) is 35.5 Å². The first-order valence-corrected chi connectivity index (χ1v) is 10.0. The van der Waals surface area contributed by atoms with Crippen LogP contribution in [0.3, 0.4) is 0 Å². The summed E-state index contributed by atoms with van der Waals surface area (Å²) in [7, 11) is 4.88. The van der Waals surface area contributed by atoms with Crippen LogP contribution < -0.4 is 0 Å². The van der Waals surface area contributed by atoms with Crippen molar-refractivity contribution in [3.8, 4) is 0 Å². The highest BCUT2D eigenvalue weighted by atomic mass is 31.2. The molecule has 0 bridgehead atoms. The maximum atomic E-state index is 13.1. The Kier molecular flexibility index (Phi) is 10.2. The first-order chi connectivity index (χ1) is 13.2. The highest BCUT2D eigenvalue weighted by Crippen LogP contribution is 2.54. The topological polar surface area (TPSA) is 106 Å². The zero-order valence-corrected chi connectivity index (χ0v) is 19.3. The number of nitrogens with zero attached hydrogens (tertiary/aromatic N) is 3. The molecule has 164 valence electrons. The first kappa shape index (κ1) is 26.3. The molecule has 0 rings (SSSR count). The van der Waals surface area contributed by atoms with Gasteiger partial charge in [-0.25, -0.2) is 0 Å². The van der Waals surface area contributed by atoms with E-state index in [1.165, 1.54) is 77.8 Å². The van der Waals surface area contributed by atoms with Crippen molar-refractivity contribution in [2.45, 2.75) is 20.8 Å². The summed E-state index contributed by atoms with van der Waals surface area (Å²) in [5.41, 5.74) is 0. The van der Waals surface area contributed by atoms with Gasteiger partial charge in [0.2, 0.25) is 17.7 Å². The molecule has 0 aromatic heterocycles. The Labute approximate surface area is 172 Å². The molecule has 11 heteroatoms. The smallest absolute Gasteiger partial charge is 0.391 e. The molecule has 0 aliphatic heterocycles. The standard InChI is InChI=1S/C18H30N3O7P/c1-13(10-16(22)19(4)5)26-29(25,27-14(2)11-17(23)20(6)7)28-15(3)12-18(24)21(8)9/h10-12H,1-9H3/b13-10+,14-11+,15-12+. The number of phosphoric ester groups is 1. The van der Waals surface area contributed by atoms with Crippen molar-refractivity contribution >= 4 is 25.5 Å². The third-order valence-electron chi connectivity index (χ3n) is 3.07. The van der Waals surface area contributed by atoms with Gasteiger partial charge in [0.1, 0.15) is 17.3 Å². The van der Waals surface area contributed by atoms with Gasteiger partial charge in [0.25, 0.3) is 0 Å². The fraction of sp³-hybridized carbons (Fsp3) is 0.500. The minimum absolute atomic E-state index is 0.0366. The van der Waals surface area contributed by atoms with Crippen LogP contribution in [0.15, 0.2) is 35.5 Å². The van der Waals surface area contributed by atoms with Gasteiger partial charge in [-0.15, -0.1) is 0 Å². The molecule has 0 atom stereocenters. The van der Waals surface area contributed by atoms with Gasteiger partial charge in [0.15, 0.2) is 0 Å². The molecule has 0 saturated carbocycles. The predicted octanol–water partition coefficient (Wildman–Crippen LogP) is 2.12. The summed E-state index contributed by atoms with van der Waals surface area (Å²) >= 11 is 0. The fourth-order valence-corrected chi connectivity index (χ4v) is 2.90. The van der Waals surface area contributed by atoms with E-state index in [1.54, 1.807) is 0 Å². The molecule has 3 amide bonds. The van der Waals surface area contributed by atoms with Gasteiger partial charge in [-0.2, -0.15) is 4.57 Å². The van der Waals surface area contributed by atoms with Crippen LogP contribution in [0.1, 0.15) is 20.8 Å². The predicted molar refractivity (Wildman–Crippen MR) is 108 cm³/mol. The number of carbonyl (C=O) groups excluding carboxylic acids is 3. The second kappa shape index (κ2) is 11.3. The van der Waals surface area contributed by atoms with Gasteiger partial charge in [0.05, 0.1) is 0 Å². The van der Waals surface area contributed by atoms with Crippen LogP contribution in [0, 0.1) is 0 Å². The number of carbonyl (C=O) groups is 3. The number of likely N-dealkylation sites (N-methyl/N-ethyl adjacent to an activating group) is 3. The van der Waals surface area contributed by atoms with Crippen molar-refractivity contribution in [2.75, 3.05) is 42.3 Å². The summed E-state index contributed by atoms with van der Waals surface area (Å²) < 4.78 is 29.0. The van der Waals surface area contributed by atoms with Crippen molar-refractivity contribution in [3.63, 3.8) is 0 Å². The molecular formula is C18H30N3O7P. The van der Waals surface area contributed by atoms with Crippen molar-refractivity contribution < 1.29 is 32.5 Å². The van der Waals surface area contributed by atoms with E-state index in [2.05, 4.69) is 0 Å². The number of hydrogen-bond donors (Lipinski definition) is 0. The molecule has 10 nitrogen and oxygen atoms in total. The highest BCUT2D eigenvalue weighted by Gasteiger charge is 2.33. The lowest BCUT2D eigenvalue weighted by atomic mass is 10.4. The molecule has 0 aromatic rings. The molecule has 0 N–H and O–H groups in total. The largest absolute Gasteiger partial charge is 0.646 e. The summed E-state index contributed by atoms with van der Waals surface area (Å²) in [6, 6.07) is 0. The lowest BCUT2D eigenvalue weighted by molar-refractivity contribution is -0.124. The second-order valence-electron chi connectivity index (χ2n) is 6.68. The Bertz CT molecular complexity index is 668. The molecule has 0 radical (unpaired) electrons. The van der Waals surface area contributed by atoms with E-state index in [4.69, 9.17) is 13.6 Å². The van der Waals surface area contributed by atoms with E-state index < -0.39 is 25.5 Å². The number of hydrogen-bond acceptors (Lipinski definition) is 7. The van der Waals surface area contributed by atoms with Gasteiger partial charge in [-0.05, 0) is 20.8 Å². The molecule has 0 fully saturated rings. The minimum Gasteiger partial charge on any atom is -0.391 e. The molecule has 0 aliphatic carbocycles. The van der Waals surface area contributed by atoms with E-state index in [9.17, 15) is 18.9 Å². The van der Waals surface area contributed by atoms with E-state index in [0.29, 0.717) is 0 Å². The van der Waals surface area contributed by atoms with Crippen molar-refractivity contribution in [2.24, 2.45) is 0 Å². The van der Waals surface area contributed by atoms with Crippen LogP contribution in [-0.4, -0.2) is 74.7 Å². The summed E-state index contributed by atoms with van der Waals surface area (Å²) in [5, 5.41) is 0.